The first-order chi connectivity index (χ1) is 14.4. The number of ether oxygens (including phenoxy) is 1. The second-order valence-corrected chi connectivity index (χ2v) is 9.38. The number of benzene rings is 1. The molecule has 1 fully saturated rings. The monoisotopic (exact) mass is 426 g/mol. The summed E-state index contributed by atoms with van der Waals surface area (Å²) in [5, 5.41) is 4.19. The van der Waals surface area contributed by atoms with Crippen LogP contribution in [0.5, 0.6) is 5.75 Å². The van der Waals surface area contributed by atoms with Crippen LogP contribution in [-0.2, 0) is 10.0 Å². The molecule has 4 rings (SSSR count). The maximum Gasteiger partial charge on any atom is 0.241 e. The lowest BCUT2D eigenvalue weighted by Gasteiger charge is -2.29. The Hall–Kier alpha value is -2.71. The van der Waals surface area contributed by atoms with Gasteiger partial charge in [0, 0.05) is 24.6 Å². The predicted molar refractivity (Wildman–Crippen MR) is 114 cm³/mol. The van der Waals surface area contributed by atoms with Crippen molar-refractivity contribution in [2.24, 2.45) is 0 Å². The van der Waals surface area contributed by atoms with Gasteiger partial charge < -0.3 is 4.74 Å². The third-order valence-electron chi connectivity index (χ3n) is 5.48. The van der Waals surface area contributed by atoms with Gasteiger partial charge >= 0.3 is 0 Å². The second kappa shape index (κ2) is 8.57. The third-order valence-corrected chi connectivity index (χ3v) is 7.14. The van der Waals surface area contributed by atoms with Crippen LogP contribution in [-0.4, -0.2) is 35.3 Å². The summed E-state index contributed by atoms with van der Waals surface area (Å²) < 4.78 is 36.8. The molecule has 0 aliphatic heterocycles. The molecule has 1 N–H and O–H groups in total. The van der Waals surface area contributed by atoms with E-state index in [1.54, 1.807) is 35.4 Å². The summed E-state index contributed by atoms with van der Waals surface area (Å²) in [4.78, 5) is 4.54. The molecule has 1 aromatic carbocycles. The van der Waals surface area contributed by atoms with Crippen molar-refractivity contribution in [1.29, 1.82) is 0 Å². The molecule has 0 bridgehead atoms. The number of hydrogen-bond acceptors (Lipinski definition) is 5. The fourth-order valence-corrected chi connectivity index (χ4v) is 5.37. The van der Waals surface area contributed by atoms with Crippen LogP contribution < -0.4 is 9.46 Å². The van der Waals surface area contributed by atoms with E-state index in [4.69, 9.17) is 4.74 Å². The summed E-state index contributed by atoms with van der Waals surface area (Å²) >= 11 is 0. The molecule has 0 atom stereocenters. The lowest BCUT2D eigenvalue weighted by molar-refractivity contribution is 0.142. The minimum Gasteiger partial charge on any atom is -0.489 e. The summed E-state index contributed by atoms with van der Waals surface area (Å²) in [6.45, 7) is 3.73. The van der Waals surface area contributed by atoms with Gasteiger partial charge in [-0.15, -0.1) is 0 Å². The van der Waals surface area contributed by atoms with E-state index >= 15 is 0 Å². The largest absolute Gasteiger partial charge is 0.489 e. The van der Waals surface area contributed by atoms with Crippen molar-refractivity contribution in [2.45, 2.75) is 56.6 Å². The summed E-state index contributed by atoms with van der Waals surface area (Å²) in [7, 11) is -3.63. The van der Waals surface area contributed by atoms with Crippen LogP contribution in [0.3, 0.4) is 0 Å². The van der Waals surface area contributed by atoms with Gasteiger partial charge in [-0.05, 0) is 75.4 Å². The summed E-state index contributed by atoms with van der Waals surface area (Å²) in [5.41, 5.74) is 2.30. The highest BCUT2D eigenvalue weighted by Crippen LogP contribution is 2.27. The lowest BCUT2D eigenvalue weighted by atomic mass is 9.93. The van der Waals surface area contributed by atoms with Crippen molar-refractivity contribution in [3.8, 4) is 11.4 Å². The summed E-state index contributed by atoms with van der Waals surface area (Å²) in [6, 6.07) is 10.8. The molecule has 0 amide bonds. The van der Waals surface area contributed by atoms with Crippen LogP contribution in [0.2, 0.25) is 0 Å². The molecule has 2 aromatic heterocycles. The fraction of sp³-hybridized carbons (Fsp3) is 0.364. The van der Waals surface area contributed by atoms with E-state index < -0.39 is 10.0 Å². The zero-order valence-electron chi connectivity index (χ0n) is 17.2. The molecule has 1 aliphatic carbocycles. The van der Waals surface area contributed by atoms with Crippen LogP contribution >= 0.6 is 0 Å². The van der Waals surface area contributed by atoms with E-state index in [0.717, 1.165) is 42.8 Å². The minimum absolute atomic E-state index is 0.0820. The van der Waals surface area contributed by atoms with E-state index in [2.05, 4.69) is 14.8 Å². The van der Waals surface area contributed by atoms with Crippen LogP contribution in [0.4, 0.5) is 0 Å². The van der Waals surface area contributed by atoms with Gasteiger partial charge in [-0.25, -0.2) is 17.8 Å². The Labute approximate surface area is 177 Å². The Morgan fingerprint density at radius 1 is 1.07 bits per heavy atom. The SMILES string of the molecule is Cc1ccc(-n2cccn2)cc1S(=O)(=O)NC1CCC(Oc2cccnc2C)CC1. The van der Waals surface area contributed by atoms with E-state index in [1.807, 2.05) is 38.1 Å². The van der Waals surface area contributed by atoms with Gasteiger partial charge in [0.1, 0.15) is 5.75 Å². The number of nitrogens with zero attached hydrogens (tertiary/aromatic N) is 3. The molecular formula is C22H26N4O3S. The molecule has 3 aromatic rings. The first-order valence-corrected chi connectivity index (χ1v) is 11.6. The normalized spacial score (nSPS) is 19.5. The summed E-state index contributed by atoms with van der Waals surface area (Å²) in [5.74, 6) is 0.799. The topological polar surface area (TPSA) is 86.1 Å². The van der Waals surface area contributed by atoms with Gasteiger partial charge in [-0.3, -0.25) is 4.98 Å². The fourth-order valence-electron chi connectivity index (χ4n) is 3.80. The molecule has 0 unspecified atom stereocenters. The molecule has 1 aliphatic rings. The Balaban J connectivity index is 1.41. The first kappa shape index (κ1) is 20.6. The highest BCUT2D eigenvalue weighted by molar-refractivity contribution is 7.89. The number of pyridine rings is 1. The van der Waals surface area contributed by atoms with Crippen molar-refractivity contribution in [1.82, 2.24) is 19.5 Å². The lowest BCUT2D eigenvalue weighted by Crippen LogP contribution is -2.40. The summed E-state index contributed by atoms with van der Waals surface area (Å²) in [6.07, 6.45) is 8.36. The molecule has 0 radical (unpaired) electrons. The molecule has 1 saturated carbocycles. The molecule has 8 heteroatoms. The van der Waals surface area contributed by atoms with Gasteiger partial charge in [0.15, 0.2) is 0 Å². The number of aromatic nitrogens is 3. The Kier molecular flexibility index (Phi) is 5.87. The van der Waals surface area contributed by atoms with Crippen molar-refractivity contribution >= 4 is 10.0 Å². The standard InChI is InChI=1S/C22H26N4O3S/c1-16-6-9-19(26-14-4-13-24-26)15-22(16)30(27,28)25-18-7-10-20(11-8-18)29-21-5-3-12-23-17(21)2/h3-6,9,12-15,18,20,25H,7-8,10-11H2,1-2H3. The highest BCUT2D eigenvalue weighted by atomic mass is 32.2. The maximum atomic E-state index is 13.1. The van der Waals surface area contributed by atoms with Crippen LogP contribution in [0, 0.1) is 13.8 Å². The smallest absolute Gasteiger partial charge is 0.241 e. The average Bonchev–Trinajstić information content (AvgIpc) is 3.26. The van der Waals surface area contributed by atoms with Crippen molar-refractivity contribution in [3.63, 3.8) is 0 Å². The number of rotatable bonds is 6. The quantitative estimate of drug-likeness (QED) is 0.651. The van der Waals surface area contributed by atoms with Gasteiger partial charge in [0.2, 0.25) is 10.0 Å². The van der Waals surface area contributed by atoms with Crippen LogP contribution in [0.25, 0.3) is 5.69 Å². The Morgan fingerprint density at radius 2 is 1.87 bits per heavy atom. The van der Waals surface area contributed by atoms with E-state index in [9.17, 15) is 8.42 Å². The second-order valence-electron chi connectivity index (χ2n) is 7.70. The number of aryl methyl sites for hydroxylation is 2. The zero-order valence-corrected chi connectivity index (χ0v) is 18.0. The third kappa shape index (κ3) is 4.55. The van der Waals surface area contributed by atoms with Crippen molar-refractivity contribution in [2.75, 3.05) is 0 Å². The van der Waals surface area contributed by atoms with E-state index in [1.165, 1.54) is 0 Å². The number of sulfonamides is 1. The Bertz CT molecular complexity index is 1110. The van der Waals surface area contributed by atoms with Crippen LogP contribution in [0.15, 0.2) is 59.9 Å². The molecule has 0 spiro atoms. The van der Waals surface area contributed by atoms with E-state index in [0.29, 0.717) is 10.5 Å². The molecule has 158 valence electrons. The number of nitrogens with one attached hydrogen (secondary N) is 1. The molecule has 30 heavy (non-hydrogen) atoms. The molecule has 0 saturated heterocycles. The van der Waals surface area contributed by atoms with Gasteiger partial charge in [-0.2, -0.15) is 5.10 Å². The maximum absolute atomic E-state index is 13.1. The zero-order chi connectivity index (χ0) is 21.1. The highest BCUT2D eigenvalue weighted by Gasteiger charge is 2.28. The minimum atomic E-state index is -3.63. The van der Waals surface area contributed by atoms with Gasteiger partial charge in [0.05, 0.1) is 22.4 Å². The average molecular weight is 427 g/mol. The molecule has 2 heterocycles. The molecular weight excluding hydrogens is 400 g/mol. The van der Waals surface area contributed by atoms with Crippen molar-refractivity contribution in [3.05, 3.63) is 66.2 Å². The first-order valence-electron chi connectivity index (χ1n) is 10.1. The predicted octanol–water partition coefficient (Wildman–Crippen LogP) is 3.55. The Morgan fingerprint density at radius 3 is 2.57 bits per heavy atom. The number of hydrogen-bond donors (Lipinski definition) is 1. The van der Waals surface area contributed by atoms with Gasteiger partial charge in [0.25, 0.3) is 0 Å². The van der Waals surface area contributed by atoms with Crippen molar-refractivity contribution < 1.29 is 13.2 Å². The van der Waals surface area contributed by atoms with Crippen LogP contribution in [0.1, 0.15) is 36.9 Å². The van der Waals surface area contributed by atoms with E-state index in [-0.39, 0.29) is 12.1 Å². The molecule has 7 nitrogen and oxygen atoms in total. The van der Waals surface area contributed by atoms with Gasteiger partial charge in [-0.1, -0.05) is 6.07 Å².